The Hall–Kier alpha value is -1.84. The molecular weight excluding hydrogens is 236 g/mol. The molecule has 2 aromatic rings. The number of hydrogen-bond acceptors (Lipinski definition) is 4. The van der Waals surface area contributed by atoms with Crippen molar-refractivity contribution in [3.8, 4) is 0 Å². The van der Waals surface area contributed by atoms with Crippen molar-refractivity contribution in [1.29, 1.82) is 0 Å². The molecule has 0 spiro atoms. The van der Waals surface area contributed by atoms with Gasteiger partial charge in [0.15, 0.2) is 0 Å². The van der Waals surface area contributed by atoms with Gasteiger partial charge in [0.2, 0.25) is 0 Å². The molecule has 0 amide bonds. The fourth-order valence-electron chi connectivity index (χ4n) is 2.75. The van der Waals surface area contributed by atoms with Crippen molar-refractivity contribution in [3.05, 3.63) is 33.2 Å². The second-order valence-corrected chi connectivity index (χ2v) is 5.45. The SMILES string of the molecule is Cc1nc2c(C)c3c(c(C)c2nc1C(C)C)=NCN=3. The van der Waals surface area contributed by atoms with Crippen LogP contribution in [0.5, 0.6) is 0 Å². The highest BCUT2D eigenvalue weighted by atomic mass is 15.0. The normalized spacial score (nSPS) is 13.6. The highest BCUT2D eigenvalue weighted by Crippen LogP contribution is 2.21. The first-order valence-electron chi connectivity index (χ1n) is 6.67. The maximum atomic E-state index is 4.85. The molecule has 1 aromatic heterocycles. The smallest absolute Gasteiger partial charge is 0.130 e. The lowest BCUT2D eigenvalue weighted by Gasteiger charge is -2.12. The monoisotopic (exact) mass is 254 g/mol. The Morgan fingerprint density at radius 2 is 1.37 bits per heavy atom. The van der Waals surface area contributed by atoms with Crippen molar-refractivity contribution in [3.63, 3.8) is 0 Å². The van der Waals surface area contributed by atoms with E-state index in [4.69, 9.17) is 9.97 Å². The van der Waals surface area contributed by atoms with E-state index in [1.807, 2.05) is 6.92 Å². The van der Waals surface area contributed by atoms with Crippen LogP contribution >= 0.6 is 0 Å². The second kappa shape index (κ2) is 4.08. The van der Waals surface area contributed by atoms with Gasteiger partial charge in [-0.05, 0) is 26.7 Å². The van der Waals surface area contributed by atoms with Crippen LogP contribution in [-0.4, -0.2) is 16.6 Å². The van der Waals surface area contributed by atoms with Gasteiger partial charge in [-0.1, -0.05) is 13.8 Å². The van der Waals surface area contributed by atoms with E-state index in [2.05, 4.69) is 37.7 Å². The predicted octanol–water partition coefficient (Wildman–Crippen LogP) is 1.89. The van der Waals surface area contributed by atoms with Crippen molar-refractivity contribution >= 4 is 11.0 Å². The third-order valence-corrected chi connectivity index (χ3v) is 3.76. The van der Waals surface area contributed by atoms with Crippen LogP contribution in [0.4, 0.5) is 0 Å². The summed E-state index contributed by atoms with van der Waals surface area (Å²) in [6.07, 6.45) is 0. The molecule has 0 N–H and O–H groups in total. The Kier molecular flexibility index (Phi) is 2.62. The minimum absolute atomic E-state index is 0.381. The van der Waals surface area contributed by atoms with E-state index in [0.29, 0.717) is 12.6 Å². The fraction of sp³-hybridized carbons (Fsp3) is 0.467. The van der Waals surface area contributed by atoms with Crippen molar-refractivity contribution in [2.75, 3.05) is 6.67 Å². The molecule has 0 atom stereocenters. The van der Waals surface area contributed by atoms with E-state index in [0.717, 1.165) is 44.3 Å². The molecule has 3 rings (SSSR count). The van der Waals surface area contributed by atoms with E-state index in [9.17, 15) is 0 Å². The van der Waals surface area contributed by atoms with Crippen molar-refractivity contribution < 1.29 is 0 Å². The van der Waals surface area contributed by atoms with Crippen molar-refractivity contribution in [1.82, 2.24) is 9.97 Å². The summed E-state index contributed by atoms with van der Waals surface area (Å²) in [7, 11) is 0. The van der Waals surface area contributed by atoms with E-state index >= 15 is 0 Å². The molecule has 0 aliphatic carbocycles. The van der Waals surface area contributed by atoms with Crippen LogP contribution in [0.15, 0.2) is 9.98 Å². The zero-order valence-corrected chi connectivity index (χ0v) is 12.1. The molecular formula is C15H18N4. The molecule has 4 nitrogen and oxygen atoms in total. The topological polar surface area (TPSA) is 50.5 Å². The standard InChI is InChI=1S/C15H18N4/c1-7(2)11-10(5)18-14-8(3)12-13(17-6-16-12)9(4)15(14)19-11/h7H,6H2,1-5H3. The highest BCUT2D eigenvalue weighted by Gasteiger charge is 2.16. The Bertz CT molecular complexity index is 803. The number of aromatic nitrogens is 2. The first-order valence-corrected chi connectivity index (χ1v) is 6.67. The molecule has 0 saturated heterocycles. The lowest BCUT2D eigenvalue weighted by Crippen LogP contribution is -2.29. The van der Waals surface area contributed by atoms with Gasteiger partial charge in [-0.3, -0.25) is 9.98 Å². The molecule has 1 aliphatic heterocycles. The summed E-state index contributed by atoms with van der Waals surface area (Å²) in [5.74, 6) is 0.381. The van der Waals surface area contributed by atoms with Crippen LogP contribution in [0.25, 0.3) is 11.0 Å². The zero-order chi connectivity index (χ0) is 13.7. The lowest BCUT2D eigenvalue weighted by atomic mass is 10.0. The zero-order valence-electron chi connectivity index (χ0n) is 12.1. The molecule has 0 radical (unpaired) electrons. The van der Waals surface area contributed by atoms with Crippen LogP contribution in [0.3, 0.4) is 0 Å². The molecule has 1 aromatic carbocycles. The first-order chi connectivity index (χ1) is 9.00. The average molecular weight is 254 g/mol. The summed E-state index contributed by atoms with van der Waals surface area (Å²) in [5.41, 5.74) is 6.24. The third kappa shape index (κ3) is 1.66. The maximum absolute atomic E-state index is 4.85. The van der Waals surface area contributed by atoms with Crippen molar-refractivity contribution in [2.45, 2.75) is 40.5 Å². The Morgan fingerprint density at radius 1 is 0.842 bits per heavy atom. The van der Waals surface area contributed by atoms with Crippen LogP contribution in [0, 0.1) is 20.8 Å². The van der Waals surface area contributed by atoms with E-state index in [-0.39, 0.29) is 0 Å². The number of hydrogen-bond donors (Lipinski definition) is 0. The summed E-state index contributed by atoms with van der Waals surface area (Å²) in [6, 6.07) is 0. The van der Waals surface area contributed by atoms with Gasteiger partial charge in [0, 0.05) is 11.1 Å². The van der Waals surface area contributed by atoms with Crippen LogP contribution < -0.4 is 10.7 Å². The highest BCUT2D eigenvalue weighted by molar-refractivity contribution is 5.81. The van der Waals surface area contributed by atoms with Crippen LogP contribution in [0.1, 0.15) is 42.3 Å². The summed E-state index contributed by atoms with van der Waals surface area (Å²) >= 11 is 0. The van der Waals surface area contributed by atoms with E-state index in [1.54, 1.807) is 0 Å². The van der Waals surface area contributed by atoms with Gasteiger partial charge in [0.05, 0.1) is 33.1 Å². The van der Waals surface area contributed by atoms with E-state index < -0.39 is 0 Å². The summed E-state index contributed by atoms with van der Waals surface area (Å²) in [6.45, 7) is 11.0. The number of rotatable bonds is 1. The van der Waals surface area contributed by atoms with Gasteiger partial charge < -0.3 is 0 Å². The van der Waals surface area contributed by atoms with Crippen molar-refractivity contribution in [2.24, 2.45) is 9.98 Å². The number of aryl methyl sites for hydroxylation is 3. The molecule has 4 heteroatoms. The van der Waals surface area contributed by atoms with Gasteiger partial charge in [0.1, 0.15) is 6.67 Å². The second-order valence-electron chi connectivity index (χ2n) is 5.45. The fourth-order valence-corrected chi connectivity index (χ4v) is 2.75. The van der Waals surface area contributed by atoms with Gasteiger partial charge >= 0.3 is 0 Å². The van der Waals surface area contributed by atoms with Gasteiger partial charge in [-0.2, -0.15) is 0 Å². The third-order valence-electron chi connectivity index (χ3n) is 3.76. The summed E-state index contributed by atoms with van der Waals surface area (Å²) in [5, 5.41) is 1.99. The lowest BCUT2D eigenvalue weighted by molar-refractivity contribution is 0.805. The minimum atomic E-state index is 0.381. The average Bonchev–Trinajstić information content (AvgIpc) is 2.84. The predicted molar refractivity (Wildman–Crippen MR) is 75.0 cm³/mol. The van der Waals surface area contributed by atoms with Gasteiger partial charge in [0.25, 0.3) is 0 Å². The first kappa shape index (κ1) is 12.2. The molecule has 0 fully saturated rings. The largest absolute Gasteiger partial charge is 0.259 e. The maximum Gasteiger partial charge on any atom is 0.130 e. The molecule has 2 heterocycles. The van der Waals surface area contributed by atoms with Gasteiger partial charge in [-0.15, -0.1) is 0 Å². The quantitative estimate of drug-likeness (QED) is 0.780. The van der Waals surface area contributed by atoms with E-state index in [1.165, 1.54) is 0 Å². The van der Waals surface area contributed by atoms with Gasteiger partial charge in [-0.25, -0.2) is 9.97 Å². The molecule has 0 saturated carbocycles. The number of benzene rings is 1. The Morgan fingerprint density at radius 3 is 1.89 bits per heavy atom. The number of nitrogens with zero attached hydrogens (tertiary/aromatic N) is 4. The minimum Gasteiger partial charge on any atom is -0.259 e. The molecule has 98 valence electrons. The van der Waals surface area contributed by atoms with Crippen LogP contribution in [0.2, 0.25) is 0 Å². The molecule has 0 unspecified atom stereocenters. The Labute approximate surface area is 112 Å². The Balaban J connectivity index is 2.53. The molecule has 1 aliphatic rings. The molecule has 0 bridgehead atoms. The molecule has 19 heavy (non-hydrogen) atoms. The summed E-state index contributed by atoms with van der Waals surface area (Å²) < 4.78 is 0. The van der Waals surface area contributed by atoms with Crippen LogP contribution in [-0.2, 0) is 0 Å². The number of fused-ring (bicyclic) bond motifs is 2. The summed E-state index contributed by atoms with van der Waals surface area (Å²) in [4.78, 5) is 18.6.